The predicted molar refractivity (Wildman–Crippen MR) is 77.8 cm³/mol. The van der Waals surface area contributed by atoms with Crippen molar-refractivity contribution in [2.45, 2.75) is 6.92 Å². The molecular weight excluding hydrogens is 328 g/mol. The number of nitrogens with two attached hydrogens (primary N) is 1. The Kier molecular flexibility index (Phi) is 2.97. The number of hydrogen-bond acceptors (Lipinski definition) is 2. The van der Waals surface area contributed by atoms with Crippen molar-refractivity contribution in [1.29, 1.82) is 0 Å². The van der Waals surface area contributed by atoms with Gasteiger partial charge in [-0.1, -0.05) is 12.1 Å². The van der Waals surface area contributed by atoms with Crippen LogP contribution in [0.15, 0.2) is 34.8 Å². The van der Waals surface area contributed by atoms with Crippen molar-refractivity contribution in [3.05, 3.63) is 52.0 Å². The number of benzene rings is 2. The maximum atomic E-state index is 14.1. The fourth-order valence-electron chi connectivity index (χ4n) is 2.17. The molecule has 1 heterocycles. The van der Waals surface area contributed by atoms with Crippen molar-refractivity contribution in [3.8, 4) is 5.69 Å². The van der Waals surface area contributed by atoms with E-state index in [1.807, 2.05) is 19.1 Å². The van der Waals surface area contributed by atoms with Gasteiger partial charge in [0.15, 0.2) is 11.6 Å². The summed E-state index contributed by atoms with van der Waals surface area (Å²) in [5, 5.41) is 0. The van der Waals surface area contributed by atoms with E-state index in [0.717, 1.165) is 16.1 Å². The summed E-state index contributed by atoms with van der Waals surface area (Å²) in [6.07, 6.45) is 0. The molecule has 0 aliphatic heterocycles. The van der Waals surface area contributed by atoms with E-state index in [-0.39, 0.29) is 11.5 Å². The first-order chi connectivity index (χ1) is 9.50. The monoisotopic (exact) mass is 337 g/mol. The quantitative estimate of drug-likeness (QED) is 0.730. The molecule has 102 valence electrons. The molecule has 3 rings (SSSR count). The number of rotatable bonds is 1. The van der Waals surface area contributed by atoms with Gasteiger partial charge in [0.05, 0.1) is 11.2 Å². The van der Waals surface area contributed by atoms with Crippen molar-refractivity contribution in [1.82, 2.24) is 9.55 Å². The second kappa shape index (κ2) is 4.56. The number of anilines is 1. The molecule has 20 heavy (non-hydrogen) atoms. The van der Waals surface area contributed by atoms with Crippen LogP contribution < -0.4 is 5.73 Å². The third-order valence-corrected chi connectivity index (χ3v) is 4.18. The Hall–Kier alpha value is -1.95. The second-order valence-corrected chi connectivity index (χ2v) is 5.24. The molecule has 0 aliphatic rings. The highest BCUT2D eigenvalue weighted by atomic mass is 79.9. The van der Waals surface area contributed by atoms with Gasteiger partial charge in [-0.2, -0.15) is 0 Å². The largest absolute Gasteiger partial charge is 0.369 e. The van der Waals surface area contributed by atoms with Crippen LogP contribution in [-0.2, 0) is 0 Å². The standard InChI is InChI=1S/C14H10BrF2N3/c1-7-3-2-4-10(11(7)15)20-13-9(19-14(20)18)6-5-8(16)12(13)17/h2-6H,1H3,(H2,18,19). The van der Waals surface area contributed by atoms with Crippen LogP contribution in [0.5, 0.6) is 0 Å². The maximum Gasteiger partial charge on any atom is 0.206 e. The van der Waals surface area contributed by atoms with Gasteiger partial charge >= 0.3 is 0 Å². The van der Waals surface area contributed by atoms with Crippen LogP contribution in [0.25, 0.3) is 16.7 Å². The Morgan fingerprint density at radius 3 is 2.70 bits per heavy atom. The first-order valence-corrected chi connectivity index (χ1v) is 6.67. The molecule has 0 atom stereocenters. The third-order valence-electron chi connectivity index (χ3n) is 3.15. The van der Waals surface area contributed by atoms with Crippen molar-refractivity contribution in [2.24, 2.45) is 0 Å². The minimum absolute atomic E-state index is 0.0359. The molecule has 0 spiro atoms. The topological polar surface area (TPSA) is 43.8 Å². The number of hydrogen-bond donors (Lipinski definition) is 1. The summed E-state index contributed by atoms with van der Waals surface area (Å²) >= 11 is 3.44. The lowest BCUT2D eigenvalue weighted by atomic mass is 10.2. The SMILES string of the molecule is Cc1cccc(-n2c(N)nc3ccc(F)c(F)c32)c1Br. The van der Waals surface area contributed by atoms with E-state index in [9.17, 15) is 8.78 Å². The summed E-state index contributed by atoms with van der Waals surface area (Å²) in [5.74, 6) is -1.78. The Labute approximate surface area is 122 Å². The Morgan fingerprint density at radius 2 is 1.95 bits per heavy atom. The van der Waals surface area contributed by atoms with E-state index in [0.29, 0.717) is 11.2 Å². The first-order valence-electron chi connectivity index (χ1n) is 5.88. The zero-order valence-corrected chi connectivity index (χ0v) is 12.1. The van der Waals surface area contributed by atoms with Crippen LogP contribution in [0.2, 0.25) is 0 Å². The molecule has 0 bridgehead atoms. The predicted octanol–water partition coefficient (Wildman–Crippen LogP) is 3.96. The highest BCUT2D eigenvalue weighted by Crippen LogP contribution is 2.32. The number of halogens is 3. The molecule has 0 unspecified atom stereocenters. The molecular formula is C14H10BrF2N3. The van der Waals surface area contributed by atoms with Crippen molar-refractivity contribution < 1.29 is 8.78 Å². The van der Waals surface area contributed by atoms with E-state index in [4.69, 9.17) is 5.73 Å². The van der Waals surface area contributed by atoms with E-state index >= 15 is 0 Å². The van der Waals surface area contributed by atoms with Gasteiger partial charge in [-0.05, 0) is 46.6 Å². The van der Waals surface area contributed by atoms with E-state index in [1.54, 1.807) is 6.07 Å². The summed E-state index contributed by atoms with van der Waals surface area (Å²) in [6.45, 7) is 1.90. The summed E-state index contributed by atoms with van der Waals surface area (Å²) in [7, 11) is 0. The van der Waals surface area contributed by atoms with E-state index in [1.165, 1.54) is 10.6 Å². The summed E-state index contributed by atoms with van der Waals surface area (Å²) in [5.41, 5.74) is 7.79. The Bertz CT molecular complexity index is 827. The fourth-order valence-corrected chi connectivity index (χ4v) is 2.61. The lowest BCUT2D eigenvalue weighted by molar-refractivity contribution is 0.514. The highest BCUT2D eigenvalue weighted by molar-refractivity contribution is 9.10. The van der Waals surface area contributed by atoms with Crippen LogP contribution in [0, 0.1) is 18.6 Å². The van der Waals surface area contributed by atoms with Crippen LogP contribution in [0.3, 0.4) is 0 Å². The smallest absolute Gasteiger partial charge is 0.206 e. The molecule has 0 saturated carbocycles. The van der Waals surface area contributed by atoms with Crippen molar-refractivity contribution >= 4 is 32.9 Å². The highest BCUT2D eigenvalue weighted by Gasteiger charge is 2.18. The fraction of sp³-hybridized carbons (Fsp3) is 0.0714. The maximum absolute atomic E-state index is 14.1. The average molecular weight is 338 g/mol. The normalized spacial score (nSPS) is 11.2. The summed E-state index contributed by atoms with van der Waals surface area (Å²) in [6, 6.07) is 7.93. The molecule has 0 aliphatic carbocycles. The lowest BCUT2D eigenvalue weighted by Crippen LogP contribution is -2.03. The number of aromatic nitrogens is 2. The zero-order valence-electron chi connectivity index (χ0n) is 10.5. The number of nitrogen functional groups attached to an aromatic ring is 1. The molecule has 0 fully saturated rings. The zero-order chi connectivity index (χ0) is 14.4. The van der Waals surface area contributed by atoms with Gasteiger partial charge in [-0.25, -0.2) is 13.8 Å². The van der Waals surface area contributed by atoms with Gasteiger partial charge < -0.3 is 5.73 Å². The molecule has 3 aromatic rings. The number of imidazole rings is 1. The van der Waals surface area contributed by atoms with Gasteiger partial charge in [-0.15, -0.1) is 0 Å². The lowest BCUT2D eigenvalue weighted by Gasteiger charge is -2.11. The summed E-state index contributed by atoms with van der Waals surface area (Å²) in [4.78, 5) is 4.08. The molecule has 1 aromatic heterocycles. The Morgan fingerprint density at radius 1 is 1.20 bits per heavy atom. The van der Waals surface area contributed by atoms with Gasteiger partial charge in [0.1, 0.15) is 5.52 Å². The van der Waals surface area contributed by atoms with E-state index in [2.05, 4.69) is 20.9 Å². The molecule has 6 heteroatoms. The summed E-state index contributed by atoms with van der Waals surface area (Å²) < 4.78 is 29.7. The third kappa shape index (κ3) is 1.79. The molecule has 0 amide bonds. The number of fused-ring (bicyclic) bond motifs is 1. The van der Waals surface area contributed by atoms with Gasteiger partial charge in [-0.3, -0.25) is 4.57 Å². The molecule has 2 aromatic carbocycles. The van der Waals surface area contributed by atoms with E-state index < -0.39 is 11.6 Å². The molecule has 2 N–H and O–H groups in total. The minimum atomic E-state index is -0.958. The van der Waals surface area contributed by atoms with Crippen LogP contribution in [-0.4, -0.2) is 9.55 Å². The average Bonchev–Trinajstić information content (AvgIpc) is 2.75. The van der Waals surface area contributed by atoms with Gasteiger partial charge in [0, 0.05) is 4.47 Å². The van der Waals surface area contributed by atoms with Gasteiger partial charge in [0.25, 0.3) is 0 Å². The molecule has 0 saturated heterocycles. The second-order valence-electron chi connectivity index (χ2n) is 4.44. The molecule has 3 nitrogen and oxygen atoms in total. The Balaban J connectivity index is 2.45. The van der Waals surface area contributed by atoms with Crippen LogP contribution in [0.4, 0.5) is 14.7 Å². The number of nitrogens with zero attached hydrogens (tertiary/aromatic N) is 2. The van der Waals surface area contributed by atoms with Crippen molar-refractivity contribution in [2.75, 3.05) is 5.73 Å². The van der Waals surface area contributed by atoms with Crippen molar-refractivity contribution in [3.63, 3.8) is 0 Å². The first kappa shape index (κ1) is 13.1. The minimum Gasteiger partial charge on any atom is -0.369 e. The number of aryl methyl sites for hydroxylation is 1. The van der Waals surface area contributed by atoms with Crippen LogP contribution in [0.1, 0.15) is 5.56 Å². The van der Waals surface area contributed by atoms with Gasteiger partial charge in [0.2, 0.25) is 5.95 Å². The molecule has 0 radical (unpaired) electrons. The van der Waals surface area contributed by atoms with Crippen LogP contribution >= 0.6 is 15.9 Å².